The number of ether oxygens (including phenoxy) is 1. The summed E-state index contributed by atoms with van der Waals surface area (Å²) in [5, 5.41) is 0. The maximum Gasteiger partial charge on any atom is 0.161 e. The molecule has 0 N–H and O–H groups in total. The lowest BCUT2D eigenvalue weighted by atomic mass is 10.4. The number of rotatable bonds is 3. The van der Waals surface area contributed by atoms with Crippen LogP contribution in [0.4, 0.5) is 0 Å². The Morgan fingerprint density at radius 2 is 2.00 bits per heavy atom. The van der Waals surface area contributed by atoms with Crippen LogP contribution in [0.3, 0.4) is 0 Å². The van der Waals surface area contributed by atoms with Crippen LogP contribution in [0.2, 0.25) is 0 Å². The summed E-state index contributed by atoms with van der Waals surface area (Å²) in [7, 11) is 0.0812. The zero-order valence-electron chi connectivity index (χ0n) is 12.9. The van der Waals surface area contributed by atoms with Crippen LogP contribution >= 0.6 is 0 Å². The van der Waals surface area contributed by atoms with E-state index in [0.717, 1.165) is 11.5 Å². The summed E-state index contributed by atoms with van der Waals surface area (Å²) < 4.78 is 22.1. The molecule has 1 aliphatic rings. The highest BCUT2D eigenvalue weighted by Crippen LogP contribution is 2.27. The molecule has 3 aromatic rings. The molecule has 0 saturated carbocycles. The molecule has 1 unspecified atom stereocenters. The largest absolute Gasteiger partial charge is 0.495 e. The molecule has 24 heavy (non-hydrogen) atoms. The van der Waals surface area contributed by atoms with E-state index in [0.29, 0.717) is 29.6 Å². The average Bonchev–Trinajstić information content (AvgIpc) is 3.03. The zero-order valence-corrected chi connectivity index (χ0v) is 13.7. The first-order chi connectivity index (χ1) is 11.8. The molecule has 0 saturated heterocycles. The van der Waals surface area contributed by atoms with Crippen molar-refractivity contribution in [3.63, 3.8) is 0 Å². The Hall–Kier alpha value is -2.65. The van der Waals surface area contributed by atoms with Crippen molar-refractivity contribution < 1.29 is 8.95 Å². The van der Waals surface area contributed by atoms with Gasteiger partial charge in [0.2, 0.25) is 0 Å². The van der Waals surface area contributed by atoms with Crippen LogP contribution < -0.4 is 4.74 Å². The van der Waals surface area contributed by atoms with Gasteiger partial charge in [-0.25, -0.2) is 18.5 Å². The summed E-state index contributed by atoms with van der Waals surface area (Å²) in [6, 6.07) is 1.69. The quantitative estimate of drug-likeness (QED) is 0.709. The predicted octanol–water partition coefficient (Wildman–Crippen LogP) is 1.10. The number of methoxy groups -OCH3 is 1. The highest BCUT2D eigenvalue weighted by molar-refractivity contribution is 7.82. The van der Waals surface area contributed by atoms with E-state index in [1.165, 1.54) is 0 Å². The summed E-state index contributed by atoms with van der Waals surface area (Å²) in [5.41, 5.74) is 0.741. The molecule has 9 heteroatoms. The van der Waals surface area contributed by atoms with E-state index in [9.17, 15) is 4.21 Å². The first-order valence-electron chi connectivity index (χ1n) is 7.25. The molecule has 4 heterocycles. The van der Waals surface area contributed by atoms with Gasteiger partial charge in [-0.15, -0.1) is 0 Å². The SMILES string of the molecule is COc1ccncc1S(=O)N1Cc2nccnc2-n2ccnc2C1. The first-order valence-corrected chi connectivity index (χ1v) is 8.36. The summed E-state index contributed by atoms with van der Waals surface area (Å²) in [6.45, 7) is 0.785. The van der Waals surface area contributed by atoms with E-state index in [2.05, 4.69) is 19.9 Å². The predicted molar refractivity (Wildman–Crippen MR) is 85.6 cm³/mol. The Labute approximate surface area is 140 Å². The van der Waals surface area contributed by atoms with Crippen LogP contribution in [-0.4, -0.2) is 40.1 Å². The molecule has 3 aromatic heterocycles. The Kier molecular flexibility index (Phi) is 3.79. The normalized spacial score (nSPS) is 15.2. The highest BCUT2D eigenvalue weighted by Gasteiger charge is 2.27. The minimum atomic E-state index is -1.47. The lowest BCUT2D eigenvalue weighted by Gasteiger charge is -2.19. The van der Waals surface area contributed by atoms with E-state index in [1.54, 1.807) is 48.5 Å². The first kappa shape index (κ1) is 14.9. The molecule has 0 aliphatic carbocycles. The van der Waals surface area contributed by atoms with E-state index in [-0.39, 0.29) is 0 Å². The number of aromatic nitrogens is 5. The maximum atomic E-state index is 13.1. The second-order valence-electron chi connectivity index (χ2n) is 5.11. The molecule has 4 rings (SSSR count). The van der Waals surface area contributed by atoms with E-state index in [4.69, 9.17) is 4.74 Å². The summed E-state index contributed by atoms with van der Waals surface area (Å²) >= 11 is 0. The van der Waals surface area contributed by atoms with Gasteiger partial charge in [-0.05, 0) is 6.07 Å². The van der Waals surface area contributed by atoms with Crippen molar-refractivity contribution in [2.75, 3.05) is 7.11 Å². The van der Waals surface area contributed by atoms with Crippen molar-refractivity contribution >= 4 is 11.0 Å². The summed E-state index contributed by atoms with van der Waals surface area (Å²) in [6.07, 6.45) is 9.97. The van der Waals surface area contributed by atoms with Crippen molar-refractivity contribution in [3.8, 4) is 11.6 Å². The molecular weight excluding hydrogens is 328 g/mol. The van der Waals surface area contributed by atoms with Crippen molar-refractivity contribution in [1.29, 1.82) is 0 Å². The smallest absolute Gasteiger partial charge is 0.161 e. The molecule has 1 atom stereocenters. The fourth-order valence-corrected chi connectivity index (χ4v) is 3.85. The molecule has 1 aliphatic heterocycles. The van der Waals surface area contributed by atoms with E-state index >= 15 is 0 Å². The number of fused-ring (bicyclic) bond motifs is 3. The zero-order chi connectivity index (χ0) is 16.5. The van der Waals surface area contributed by atoms with Gasteiger partial charge in [0.1, 0.15) is 27.5 Å². The molecule has 8 nitrogen and oxygen atoms in total. The number of hydrogen-bond donors (Lipinski definition) is 0. The lowest BCUT2D eigenvalue weighted by Crippen LogP contribution is -2.25. The Balaban J connectivity index is 1.77. The molecule has 122 valence electrons. The molecule has 0 aromatic carbocycles. The van der Waals surface area contributed by atoms with Crippen molar-refractivity contribution in [1.82, 2.24) is 28.8 Å². The molecule has 0 spiro atoms. The second-order valence-corrected chi connectivity index (χ2v) is 6.57. The third-order valence-electron chi connectivity index (χ3n) is 3.73. The van der Waals surface area contributed by atoms with Gasteiger partial charge in [-0.1, -0.05) is 0 Å². The lowest BCUT2D eigenvalue weighted by molar-refractivity contribution is 0.394. The maximum absolute atomic E-state index is 13.1. The standard InChI is InChI=1S/C15H14N6O2S/c1-23-12-2-3-16-8-13(12)24(22)20-9-11-15(19-5-4-17-11)21-7-6-18-14(21)10-20/h2-8H,9-10H2,1H3. The summed E-state index contributed by atoms with van der Waals surface area (Å²) in [4.78, 5) is 17.7. The van der Waals surface area contributed by atoms with Gasteiger partial charge in [0.25, 0.3) is 0 Å². The third-order valence-corrected chi connectivity index (χ3v) is 5.14. The minimum absolute atomic E-state index is 0.386. The second kappa shape index (κ2) is 6.10. The molecule has 0 fully saturated rings. The fraction of sp³-hybridized carbons (Fsp3) is 0.200. The summed E-state index contributed by atoms with van der Waals surface area (Å²) in [5.74, 6) is 2.00. The van der Waals surface area contributed by atoms with Crippen molar-refractivity contribution in [3.05, 3.63) is 54.8 Å². The van der Waals surface area contributed by atoms with Crippen molar-refractivity contribution in [2.24, 2.45) is 0 Å². The van der Waals surface area contributed by atoms with E-state index in [1.807, 2.05) is 10.8 Å². The fourth-order valence-electron chi connectivity index (χ4n) is 2.62. The Bertz CT molecular complexity index is 912. The van der Waals surface area contributed by atoms with Gasteiger partial charge in [0.05, 0.1) is 25.9 Å². The van der Waals surface area contributed by atoms with Crippen LogP contribution in [0.25, 0.3) is 5.82 Å². The van der Waals surface area contributed by atoms with Gasteiger partial charge < -0.3 is 4.74 Å². The Morgan fingerprint density at radius 1 is 1.12 bits per heavy atom. The Morgan fingerprint density at radius 3 is 2.88 bits per heavy atom. The van der Waals surface area contributed by atoms with Crippen LogP contribution in [0, 0.1) is 0 Å². The molecule has 0 radical (unpaired) electrons. The van der Waals surface area contributed by atoms with Crippen LogP contribution in [0.15, 0.2) is 48.1 Å². The van der Waals surface area contributed by atoms with Gasteiger partial charge in [-0.3, -0.25) is 14.5 Å². The van der Waals surface area contributed by atoms with Crippen LogP contribution in [0.5, 0.6) is 5.75 Å². The van der Waals surface area contributed by atoms with Crippen LogP contribution in [0.1, 0.15) is 11.5 Å². The molecule has 0 bridgehead atoms. The molecular formula is C15H14N6O2S. The van der Waals surface area contributed by atoms with E-state index < -0.39 is 11.0 Å². The van der Waals surface area contributed by atoms with Gasteiger partial charge in [-0.2, -0.15) is 0 Å². The number of hydrogen-bond acceptors (Lipinski definition) is 6. The van der Waals surface area contributed by atoms with Gasteiger partial charge >= 0.3 is 0 Å². The third kappa shape index (κ3) is 2.47. The molecule has 0 amide bonds. The average molecular weight is 342 g/mol. The van der Waals surface area contributed by atoms with Gasteiger partial charge in [0, 0.05) is 37.2 Å². The minimum Gasteiger partial charge on any atom is -0.495 e. The number of nitrogens with zero attached hydrogens (tertiary/aromatic N) is 6. The van der Waals surface area contributed by atoms with Gasteiger partial charge in [0.15, 0.2) is 5.82 Å². The number of pyridine rings is 1. The topological polar surface area (TPSA) is 86.0 Å². The monoisotopic (exact) mass is 342 g/mol. The highest BCUT2D eigenvalue weighted by atomic mass is 32.2. The van der Waals surface area contributed by atoms with Crippen molar-refractivity contribution in [2.45, 2.75) is 18.0 Å². The number of imidazole rings is 1. The van der Waals surface area contributed by atoms with Crippen LogP contribution in [-0.2, 0) is 24.1 Å².